The van der Waals surface area contributed by atoms with Gasteiger partial charge in [0.25, 0.3) is 0 Å². The second-order valence-electron chi connectivity index (χ2n) is 2.68. The molecule has 0 aliphatic heterocycles. The minimum Gasteiger partial charge on any atom is -0.481 e. The van der Waals surface area contributed by atoms with Gasteiger partial charge in [-0.1, -0.05) is 0 Å². The zero-order valence-electron chi connectivity index (χ0n) is 6.97. The van der Waals surface area contributed by atoms with E-state index in [-0.39, 0.29) is 6.42 Å². The maximum absolute atomic E-state index is 10.9. The average molecular weight is 203 g/mol. The van der Waals surface area contributed by atoms with Crippen molar-refractivity contribution in [2.75, 3.05) is 6.26 Å². The predicted molar refractivity (Wildman–Crippen MR) is 46.0 cm³/mol. The van der Waals surface area contributed by atoms with E-state index in [0.29, 0.717) is 5.56 Å². The van der Waals surface area contributed by atoms with Crippen molar-refractivity contribution in [1.82, 2.24) is 3.97 Å². The molecule has 0 amide bonds. The van der Waals surface area contributed by atoms with Gasteiger partial charge in [0.05, 0.1) is 12.7 Å². The molecule has 0 spiro atoms. The zero-order chi connectivity index (χ0) is 10.1. The highest BCUT2D eigenvalue weighted by Crippen LogP contribution is 2.04. The van der Waals surface area contributed by atoms with Crippen molar-refractivity contribution < 1.29 is 18.3 Å². The van der Waals surface area contributed by atoms with Gasteiger partial charge in [0.1, 0.15) is 0 Å². The molecule has 1 rings (SSSR count). The lowest BCUT2D eigenvalue weighted by Gasteiger charge is -1.96. The monoisotopic (exact) mass is 203 g/mol. The maximum atomic E-state index is 10.9. The summed E-state index contributed by atoms with van der Waals surface area (Å²) in [6.45, 7) is 0. The van der Waals surface area contributed by atoms with Crippen LogP contribution in [-0.4, -0.2) is 29.7 Å². The second-order valence-corrected chi connectivity index (χ2v) is 4.57. The fraction of sp³-hybridized carbons (Fsp3) is 0.286. The summed E-state index contributed by atoms with van der Waals surface area (Å²) in [4.78, 5) is 10.3. The first-order valence-electron chi connectivity index (χ1n) is 3.49. The predicted octanol–water partition coefficient (Wildman–Crippen LogP) is -0.0771. The van der Waals surface area contributed by atoms with Gasteiger partial charge < -0.3 is 5.11 Å². The molecule has 1 N–H and O–H groups in total. The van der Waals surface area contributed by atoms with Gasteiger partial charge in [0.2, 0.25) is 10.0 Å². The Balaban J connectivity index is 2.94. The normalized spacial score (nSPS) is 11.5. The van der Waals surface area contributed by atoms with E-state index >= 15 is 0 Å². The minimum absolute atomic E-state index is 0.164. The number of hydrogen-bond donors (Lipinski definition) is 1. The number of nitrogens with zero attached hydrogens (tertiary/aromatic N) is 1. The average Bonchev–Trinajstić information content (AvgIpc) is 2.32. The Labute approximate surface area is 75.7 Å². The zero-order valence-corrected chi connectivity index (χ0v) is 7.78. The van der Waals surface area contributed by atoms with Gasteiger partial charge in [-0.05, 0) is 11.6 Å². The van der Waals surface area contributed by atoms with Crippen molar-refractivity contribution in [3.8, 4) is 0 Å². The van der Waals surface area contributed by atoms with Gasteiger partial charge in [0, 0.05) is 12.4 Å². The van der Waals surface area contributed by atoms with E-state index in [9.17, 15) is 13.2 Å². The molecule has 6 heteroatoms. The molecule has 5 nitrogen and oxygen atoms in total. The highest BCUT2D eigenvalue weighted by atomic mass is 32.2. The van der Waals surface area contributed by atoms with Crippen LogP contribution in [0.3, 0.4) is 0 Å². The lowest BCUT2D eigenvalue weighted by Crippen LogP contribution is -2.07. The standard InChI is InChI=1S/C7H9NO4S/c1-13(11,12)8-3-2-6(5-8)4-7(9)10/h2-3,5H,4H2,1H3,(H,9,10). The first-order valence-corrected chi connectivity index (χ1v) is 5.33. The van der Waals surface area contributed by atoms with Gasteiger partial charge in [-0.2, -0.15) is 0 Å². The van der Waals surface area contributed by atoms with Crippen molar-refractivity contribution in [2.24, 2.45) is 0 Å². The van der Waals surface area contributed by atoms with Crippen LogP contribution in [-0.2, 0) is 21.2 Å². The summed E-state index contributed by atoms with van der Waals surface area (Å²) in [7, 11) is -3.29. The Kier molecular flexibility index (Phi) is 2.42. The van der Waals surface area contributed by atoms with Gasteiger partial charge in [-0.3, -0.25) is 8.77 Å². The first-order chi connectivity index (χ1) is 5.89. The lowest BCUT2D eigenvalue weighted by atomic mass is 10.2. The van der Waals surface area contributed by atoms with Crippen LogP contribution in [0.5, 0.6) is 0 Å². The van der Waals surface area contributed by atoms with Gasteiger partial charge in [0.15, 0.2) is 0 Å². The number of hydrogen-bond acceptors (Lipinski definition) is 3. The number of carbonyl (C=O) groups is 1. The summed E-state index contributed by atoms with van der Waals surface area (Å²) in [5.74, 6) is -0.980. The first kappa shape index (κ1) is 9.79. The lowest BCUT2D eigenvalue weighted by molar-refractivity contribution is -0.136. The third kappa shape index (κ3) is 2.59. The smallest absolute Gasteiger partial charge is 0.307 e. The van der Waals surface area contributed by atoms with E-state index in [4.69, 9.17) is 5.11 Å². The molecule has 0 fully saturated rings. The van der Waals surface area contributed by atoms with Crippen molar-refractivity contribution in [3.63, 3.8) is 0 Å². The highest BCUT2D eigenvalue weighted by molar-refractivity contribution is 7.89. The van der Waals surface area contributed by atoms with Crippen LogP contribution >= 0.6 is 0 Å². The van der Waals surface area contributed by atoms with Crippen LogP contribution in [0.15, 0.2) is 18.5 Å². The molecule has 0 aliphatic rings. The van der Waals surface area contributed by atoms with E-state index in [0.717, 1.165) is 10.2 Å². The molecule has 0 saturated carbocycles. The van der Waals surface area contributed by atoms with Crippen molar-refractivity contribution >= 4 is 16.0 Å². The molecule has 13 heavy (non-hydrogen) atoms. The summed E-state index contributed by atoms with van der Waals surface area (Å²) in [5, 5.41) is 8.42. The molecule has 0 bridgehead atoms. The Morgan fingerprint density at radius 1 is 1.62 bits per heavy atom. The van der Waals surface area contributed by atoms with Gasteiger partial charge in [-0.25, -0.2) is 8.42 Å². The Bertz CT molecular complexity index is 417. The molecular formula is C7H9NO4S. The second kappa shape index (κ2) is 3.21. The van der Waals surface area contributed by atoms with E-state index in [1.54, 1.807) is 0 Å². The fourth-order valence-electron chi connectivity index (χ4n) is 0.904. The Hall–Kier alpha value is -1.30. The summed E-state index contributed by atoms with van der Waals surface area (Å²) in [6.07, 6.45) is 3.51. The third-order valence-corrected chi connectivity index (χ3v) is 2.46. The van der Waals surface area contributed by atoms with E-state index < -0.39 is 16.0 Å². The molecule has 0 aliphatic carbocycles. The molecular weight excluding hydrogens is 194 g/mol. The largest absolute Gasteiger partial charge is 0.481 e. The van der Waals surface area contributed by atoms with Crippen LogP contribution in [0.4, 0.5) is 0 Å². The molecule has 0 atom stereocenters. The van der Waals surface area contributed by atoms with Crippen LogP contribution < -0.4 is 0 Å². The molecule has 0 unspecified atom stereocenters. The summed E-state index contributed by atoms with van der Waals surface area (Å²) < 4.78 is 22.9. The maximum Gasteiger partial charge on any atom is 0.307 e. The van der Waals surface area contributed by atoms with Crippen LogP contribution in [0.25, 0.3) is 0 Å². The molecule has 1 heterocycles. The van der Waals surface area contributed by atoms with E-state index in [1.165, 1.54) is 18.5 Å². The van der Waals surface area contributed by atoms with Crippen LogP contribution in [0.1, 0.15) is 5.56 Å². The number of aromatic nitrogens is 1. The highest BCUT2D eigenvalue weighted by Gasteiger charge is 2.07. The third-order valence-electron chi connectivity index (χ3n) is 1.47. The molecule has 0 saturated heterocycles. The van der Waals surface area contributed by atoms with Crippen molar-refractivity contribution in [1.29, 1.82) is 0 Å². The number of rotatable bonds is 3. The number of aliphatic carboxylic acids is 1. The summed E-state index contributed by atoms with van der Waals surface area (Å²) >= 11 is 0. The van der Waals surface area contributed by atoms with Crippen molar-refractivity contribution in [2.45, 2.75) is 6.42 Å². The summed E-state index contributed by atoms with van der Waals surface area (Å²) in [6, 6.07) is 1.47. The minimum atomic E-state index is -3.29. The fourth-order valence-corrected chi connectivity index (χ4v) is 1.51. The van der Waals surface area contributed by atoms with Gasteiger partial charge >= 0.3 is 5.97 Å². The Morgan fingerprint density at radius 3 is 2.62 bits per heavy atom. The van der Waals surface area contributed by atoms with Gasteiger partial charge in [-0.15, -0.1) is 0 Å². The summed E-state index contributed by atoms with van der Waals surface area (Å²) in [5.41, 5.74) is 0.470. The van der Waals surface area contributed by atoms with Crippen LogP contribution in [0, 0.1) is 0 Å². The Morgan fingerprint density at radius 2 is 2.23 bits per heavy atom. The number of carboxylic acids is 1. The molecule has 72 valence electrons. The number of carboxylic acid groups (broad SMARTS) is 1. The van der Waals surface area contributed by atoms with E-state index in [1.807, 2.05) is 0 Å². The molecule has 1 aromatic rings. The quantitative estimate of drug-likeness (QED) is 0.745. The van der Waals surface area contributed by atoms with E-state index in [2.05, 4.69) is 0 Å². The molecule has 0 radical (unpaired) electrons. The van der Waals surface area contributed by atoms with Crippen LogP contribution in [0.2, 0.25) is 0 Å². The molecule has 0 aromatic carbocycles. The molecule has 1 aromatic heterocycles. The van der Waals surface area contributed by atoms with Crippen molar-refractivity contribution in [3.05, 3.63) is 24.0 Å². The topological polar surface area (TPSA) is 76.4 Å². The SMILES string of the molecule is CS(=O)(=O)n1ccc(CC(=O)O)c1.